The van der Waals surface area contributed by atoms with E-state index in [0.29, 0.717) is 6.54 Å². The van der Waals surface area contributed by atoms with E-state index in [2.05, 4.69) is 78.3 Å². The molecule has 6 atom stereocenters. The molecule has 334 valence electrons. The van der Waals surface area contributed by atoms with E-state index in [1.807, 2.05) is 110 Å². The van der Waals surface area contributed by atoms with Crippen molar-refractivity contribution in [3.63, 3.8) is 0 Å². The summed E-state index contributed by atoms with van der Waals surface area (Å²) in [6, 6.07) is 54.1. The van der Waals surface area contributed by atoms with Gasteiger partial charge in [-0.25, -0.2) is 8.42 Å². The van der Waals surface area contributed by atoms with Gasteiger partial charge in [-0.3, -0.25) is 9.69 Å². The van der Waals surface area contributed by atoms with E-state index in [-0.39, 0.29) is 48.6 Å². The zero-order chi connectivity index (χ0) is 45.5. The number of carbonyl (C=O) groups excluding carboxylic acids is 1. The number of amides is 1. The summed E-state index contributed by atoms with van der Waals surface area (Å²) >= 11 is 0. The number of ether oxygens (including phenoxy) is 2. The molecule has 9 nitrogen and oxygen atoms in total. The first-order chi connectivity index (χ1) is 31.4. The Bertz CT molecular complexity index is 2800. The quantitative estimate of drug-likeness (QED) is 0.0885. The van der Waals surface area contributed by atoms with Gasteiger partial charge in [0, 0.05) is 30.6 Å². The molecule has 10 heteroatoms. The molecule has 8 rings (SSSR count). The van der Waals surface area contributed by atoms with Gasteiger partial charge in [0.15, 0.2) is 6.29 Å². The smallest absolute Gasteiger partial charge is 0.241 e. The Hall–Kier alpha value is -5.98. The Labute approximate surface area is 383 Å². The molecule has 0 aliphatic carbocycles. The summed E-state index contributed by atoms with van der Waals surface area (Å²) in [7, 11) is -1.84. The van der Waals surface area contributed by atoms with Crippen LogP contribution in [0.15, 0.2) is 175 Å². The van der Waals surface area contributed by atoms with E-state index in [0.717, 1.165) is 44.5 Å². The molecule has 7 aromatic rings. The van der Waals surface area contributed by atoms with Crippen molar-refractivity contribution in [1.29, 1.82) is 0 Å². The minimum absolute atomic E-state index is 0.0176. The molecule has 0 spiro atoms. The van der Waals surface area contributed by atoms with Gasteiger partial charge in [0.25, 0.3) is 0 Å². The van der Waals surface area contributed by atoms with Crippen molar-refractivity contribution in [2.24, 2.45) is 5.92 Å². The lowest BCUT2D eigenvalue weighted by atomic mass is 9.89. The van der Waals surface area contributed by atoms with Gasteiger partial charge in [-0.15, -0.1) is 0 Å². The van der Waals surface area contributed by atoms with Crippen LogP contribution >= 0.6 is 0 Å². The summed E-state index contributed by atoms with van der Waals surface area (Å²) in [5, 5.41) is 15.2. The molecular formula is C55H57N3O6S. The van der Waals surface area contributed by atoms with E-state index >= 15 is 0 Å². The van der Waals surface area contributed by atoms with Gasteiger partial charge in [-0.2, -0.15) is 4.72 Å². The summed E-state index contributed by atoms with van der Waals surface area (Å²) in [6.45, 7) is 7.14. The van der Waals surface area contributed by atoms with Crippen LogP contribution in [0.1, 0.15) is 71.2 Å². The van der Waals surface area contributed by atoms with Gasteiger partial charge < -0.3 is 19.9 Å². The third kappa shape index (κ3) is 10.9. The fraction of sp³-hybridized carbons (Fsp3) is 0.255. The van der Waals surface area contributed by atoms with Crippen LogP contribution in [0.3, 0.4) is 0 Å². The summed E-state index contributed by atoms with van der Waals surface area (Å²) in [5.74, 6) is -0.410. The third-order valence-corrected chi connectivity index (χ3v) is 14.2. The van der Waals surface area contributed by atoms with Crippen molar-refractivity contribution in [2.75, 3.05) is 13.6 Å². The van der Waals surface area contributed by atoms with E-state index < -0.39 is 28.3 Å². The van der Waals surface area contributed by atoms with Crippen LogP contribution in [0, 0.1) is 12.8 Å². The fourth-order valence-corrected chi connectivity index (χ4v) is 9.78. The van der Waals surface area contributed by atoms with Gasteiger partial charge in [0.1, 0.15) is 6.04 Å². The maximum absolute atomic E-state index is 13.9. The number of benzene rings is 7. The first kappa shape index (κ1) is 45.6. The molecule has 0 radical (unpaired) electrons. The second kappa shape index (κ2) is 20.5. The van der Waals surface area contributed by atoms with Crippen LogP contribution in [0.4, 0.5) is 0 Å². The molecule has 65 heavy (non-hydrogen) atoms. The lowest BCUT2D eigenvalue weighted by Crippen LogP contribution is -2.47. The highest BCUT2D eigenvalue weighted by Crippen LogP contribution is 2.43. The van der Waals surface area contributed by atoms with Gasteiger partial charge in [0.05, 0.1) is 23.7 Å². The summed E-state index contributed by atoms with van der Waals surface area (Å²) in [4.78, 5) is 16.4. The topological polar surface area (TPSA) is 117 Å². The molecule has 1 saturated heterocycles. The normalized spacial score (nSPS) is 18.6. The lowest BCUT2D eigenvalue weighted by molar-refractivity contribution is -0.276. The molecule has 0 saturated carbocycles. The van der Waals surface area contributed by atoms with E-state index in [9.17, 15) is 18.3 Å². The van der Waals surface area contributed by atoms with Crippen molar-refractivity contribution >= 4 is 26.7 Å². The molecule has 0 bridgehead atoms. The van der Waals surface area contributed by atoms with Crippen LogP contribution in [0.25, 0.3) is 21.9 Å². The summed E-state index contributed by atoms with van der Waals surface area (Å²) in [6.07, 6.45) is -0.885. The van der Waals surface area contributed by atoms with Gasteiger partial charge >= 0.3 is 0 Å². The number of aryl methyl sites for hydroxylation is 1. The molecule has 1 aliphatic heterocycles. The minimum Gasteiger partial charge on any atom is -0.392 e. The monoisotopic (exact) mass is 887 g/mol. The van der Waals surface area contributed by atoms with Crippen LogP contribution in [-0.4, -0.2) is 50.1 Å². The number of nitrogens with one attached hydrogen (secondary N) is 2. The highest BCUT2D eigenvalue weighted by molar-refractivity contribution is 7.89. The minimum atomic E-state index is -3.99. The SMILES string of the molecule is Cc1ccc(S(=O)(=O)NC(Cc2ccccc2)C(=O)NCc2ccccc2-c2ccc(C3OC(CN(C)C(C)c4ccc5ccccc5c4)C(C)C(c4ccc(CO)cc4)O3)cc2)cc1. The molecule has 1 heterocycles. The summed E-state index contributed by atoms with van der Waals surface area (Å²) < 4.78 is 43.4. The average Bonchev–Trinajstić information content (AvgIpc) is 3.33. The predicted octanol–water partition coefficient (Wildman–Crippen LogP) is 10.00. The number of carbonyl (C=O) groups is 1. The van der Waals surface area contributed by atoms with Crippen molar-refractivity contribution in [3.05, 3.63) is 209 Å². The zero-order valence-corrected chi connectivity index (χ0v) is 38.1. The second-order valence-corrected chi connectivity index (χ2v) is 18.9. The van der Waals surface area contributed by atoms with Crippen molar-refractivity contribution < 1.29 is 27.8 Å². The van der Waals surface area contributed by atoms with Crippen molar-refractivity contribution in [3.8, 4) is 11.1 Å². The van der Waals surface area contributed by atoms with Crippen LogP contribution in [-0.2, 0) is 43.9 Å². The Morgan fingerprint density at radius 3 is 2.12 bits per heavy atom. The number of sulfonamides is 1. The van der Waals surface area contributed by atoms with Crippen molar-refractivity contribution in [2.45, 2.75) is 75.8 Å². The van der Waals surface area contributed by atoms with Crippen LogP contribution < -0.4 is 10.0 Å². The van der Waals surface area contributed by atoms with Crippen LogP contribution in [0.2, 0.25) is 0 Å². The van der Waals surface area contributed by atoms with E-state index in [1.54, 1.807) is 24.3 Å². The summed E-state index contributed by atoms with van der Waals surface area (Å²) in [5.41, 5.74) is 8.51. The first-order valence-electron chi connectivity index (χ1n) is 22.2. The largest absolute Gasteiger partial charge is 0.392 e. The van der Waals surface area contributed by atoms with E-state index in [1.165, 1.54) is 16.3 Å². The second-order valence-electron chi connectivity index (χ2n) is 17.2. The highest BCUT2D eigenvalue weighted by Gasteiger charge is 2.39. The number of hydrogen-bond acceptors (Lipinski definition) is 7. The molecule has 3 N–H and O–H groups in total. The number of aliphatic hydroxyl groups excluding tert-OH is 1. The Kier molecular flexibility index (Phi) is 14.3. The average molecular weight is 888 g/mol. The van der Waals surface area contributed by atoms with Crippen molar-refractivity contribution in [1.82, 2.24) is 14.9 Å². The number of fused-ring (bicyclic) bond motifs is 1. The fourth-order valence-electron chi connectivity index (χ4n) is 8.58. The maximum atomic E-state index is 13.9. The Morgan fingerprint density at radius 1 is 0.738 bits per heavy atom. The standard InChI is InChI=1S/C55H57N3O6S/c1-37-18-30-49(31-19-37)65(61,62)57-51(32-40-12-6-5-7-13-40)54(60)56-34-48-16-10-11-17-50(48)43-25-27-45(28-26-43)55-63-52(38(2)53(64-55)44-22-20-41(36-59)21-23-44)35-58(4)39(3)46-29-24-42-14-8-9-15-47(42)33-46/h5-31,33,38-39,51-53,55,57,59H,32,34-36H2,1-4H3,(H,56,60). The zero-order valence-electron chi connectivity index (χ0n) is 37.3. The van der Waals surface area contributed by atoms with Gasteiger partial charge in [0.2, 0.25) is 15.9 Å². The lowest BCUT2D eigenvalue weighted by Gasteiger charge is -2.43. The Morgan fingerprint density at radius 2 is 1.40 bits per heavy atom. The molecule has 1 fully saturated rings. The Balaban J connectivity index is 0.997. The molecule has 1 aliphatic rings. The molecule has 0 aromatic heterocycles. The van der Waals surface area contributed by atoms with Gasteiger partial charge in [-0.1, -0.05) is 164 Å². The number of aliphatic hydroxyl groups is 1. The first-order valence-corrected chi connectivity index (χ1v) is 23.7. The third-order valence-electron chi connectivity index (χ3n) is 12.7. The predicted molar refractivity (Wildman–Crippen MR) is 257 cm³/mol. The molecule has 6 unspecified atom stereocenters. The molecule has 1 amide bonds. The number of nitrogens with zero attached hydrogens (tertiary/aromatic N) is 1. The van der Waals surface area contributed by atoms with E-state index in [4.69, 9.17) is 9.47 Å². The number of rotatable bonds is 16. The van der Waals surface area contributed by atoms with Gasteiger partial charge in [-0.05, 0) is 95.2 Å². The number of likely N-dealkylation sites (N-methyl/N-ethyl adjacent to an activating group) is 1. The number of hydrogen-bond donors (Lipinski definition) is 3. The molecule has 7 aromatic carbocycles. The van der Waals surface area contributed by atoms with Crippen LogP contribution in [0.5, 0.6) is 0 Å². The maximum Gasteiger partial charge on any atom is 0.241 e. The highest BCUT2D eigenvalue weighted by atomic mass is 32.2. The molecular weight excluding hydrogens is 831 g/mol.